The molecule has 102 valence electrons. The van der Waals surface area contributed by atoms with Crippen molar-refractivity contribution in [3.8, 4) is 0 Å². The van der Waals surface area contributed by atoms with Crippen LogP contribution in [-0.2, 0) is 4.79 Å². The second kappa shape index (κ2) is 5.73. The summed E-state index contributed by atoms with van der Waals surface area (Å²) in [5.41, 5.74) is 1.03. The fourth-order valence-corrected chi connectivity index (χ4v) is 2.46. The van der Waals surface area contributed by atoms with Crippen LogP contribution < -0.4 is 5.32 Å². The van der Waals surface area contributed by atoms with Gasteiger partial charge in [-0.25, -0.2) is 4.79 Å². The van der Waals surface area contributed by atoms with E-state index >= 15 is 0 Å². The van der Waals surface area contributed by atoms with E-state index in [1.165, 1.54) is 0 Å². The molecule has 0 atom stereocenters. The molecule has 1 aliphatic rings. The van der Waals surface area contributed by atoms with Gasteiger partial charge in [0.05, 0.1) is 11.5 Å². The molecular formula is C14H17NO4. The highest BCUT2D eigenvalue weighted by molar-refractivity contribution is 5.88. The SMILES string of the molecule is O=C(O)c1cccc(NC2CCC(C(=O)O)CC2)c1. The third kappa shape index (κ3) is 3.47. The molecule has 19 heavy (non-hydrogen) atoms. The predicted octanol–water partition coefficient (Wildman–Crippen LogP) is 2.44. The zero-order valence-electron chi connectivity index (χ0n) is 10.5. The third-order valence-corrected chi connectivity index (χ3v) is 3.56. The summed E-state index contributed by atoms with van der Waals surface area (Å²) in [4.78, 5) is 21.7. The molecule has 1 aromatic carbocycles. The second-order valence-electron chi connectivity index (χ2n) is 4.92. The molecule has 5 heteroatoms. The Kier molecular flexibility index (Phi) is 4.04. The summed E-state index contributed by atoms with van der Waals surface area (Å²) in [5.74, 6) is -1.90. The monoisotopic (exact) mass is 263 g/mol. The molecule has 0 spiro atoms. The van der Waals surface area contributed by atoms with Gasteiger partial charge in [0.15, 0.2) is 0 Å². The van der Waals surface area contributed by atoms with Crippen molar-refractivity contribution in [2.45, 2.75) is 31.7 Å². The van der Waals surface area contributed by atoms with Crippen LogP contribution in [0.15, 0.2) is 24.3 Å². The maximum absolute atomic E-state index is 10.9. The average Bonchev–Trinajstić information content (AvgIpc) is 2.39. The number of aliphatic carboxylic acids is 1. The molecule has 1 aromatic rings. The van der Waals surface area contributed by atoms with Gasteiger partial charge in [0, 0.05) is 11.7 Å². The Morgan fingerprint density at radius 3 is 2.37 bits per heavy atom. The van der Waals surface area contributed by atoms with E-state index in [9.17, 15) is 9.59 Å². The van der Waals surface area contributed by atoms with Crippen molar-refractivity contribution in [3.05, 3.63) is 29.8 Å². The van der Waals surface area contributed by atoms with Gasteiger partial charge in [0.1, 0.15) is 0 Å². The number of aromatic carboxylic acids is 1. The number of anilines is 1. The highest BCUT2D eigenvalue weighted by Gasteiger charge is 2.25. The summed E-state index contributed by atoms with van der Waals surface area (Å²) in [6.45, 7) is 0. The number of benzene rings is 1. The molecule has 0 heterocycles. The Morgan fingerprint density at radius 2 is 1.79 bits per heavy atom. The third-order valence-electron chi connectivity index (χ3n) is 3.56. The van der Waals surface area contributed by atoms with Crippen LogP contribution in [-0.4, -0.2) is 28.2 Å². The molecule has 0 bridgehead atoms. The lowest BCUT2D eigenvalue weighted by Gasteiger charge is -2.27. The van der Waals surface area contributed by atoms with E-state index in [4.69, 9.17) is 10.2 Å². The Hall–Kier alpha value is -2.04. The van der Waals surface area contributed by atoms with E-state index in [0.29, 0.717) is 12.8 Å². The van der Waals surface area contributed by atoms with Gasteiger partial charge in [-0.1, -0.05) is 6.07 Å². The van der Waals surface area contributed by atoms with E-state index < -0.39 is 11.9 Å². The van der Waals surface area contributed by atoms with E-state index in [1.54, 1.807) is 18.2 Å². The first kappa shape index (κ1) is 13.4. The molecule has 0 unspecified atom stereocenters. The van der Waals surface area contributed by atoms with Gasteiger partial charge in [0.2, 0.25) is 0 Å². The molecule has 5 nitrogen and oxygen atoms in total. The minimum absolute atomic E-state index is 0.222. The van der Waals surface area contributed by atoms with Crippen molar-refractivity contribution < 1.29 is 19.8 Å². The number of carboxylic acid groups (broad SMARTS) is 2. The molecule has 1 saturated carbocycles. The Bertz CT molecular complexity index is 478. The van der Waals surface area contributed by atoms with Crippen LogP contribution in [0.3, 0.4) is 0 Å². The minimum atomic E-state index is -0.946. The standard InChI is InChI=1S/C14H17NO4/c16-13(17)9-4-6-11(7-5-9)15-12-3-1-2-10(8-12)14(18)19/h1-3,8-9,11,15H,4-7H2,(H,16,17)(H,18,19). The Balaban J connectivity index is 1.94. The van der Waals surface area contributed by atoms with E-state index in [-0.39, 0.29) is 17.5 Å². The van der Waals surface area contributed by atoms with Crippen molar-refractivity contribution >= 4 is 17.6 Å². The van der Waals surface area contributed by atoms with Crippen molar-refractivity contribution in [1.82, 2.24) is 0 Å². The van der Waals surface area contributed by atoms with Crippen LogP contribution >= 0.6 is 0 Å². The molecule has 2 rings (SSSR count). The number of hydrogen-bond acceptors (Lipinski definition) is 3. The highest BCUT2D eigenvalue weighted by atomic mass is 16.4. The van der Waals surface area contributed by atoms with Crippen LogP contribution in [0.1, 0.15) is 36.0 Å². The molecule has 1 aliphatic carbocycles. The van der Waals surface area contributed by atoms with Gasteiger partial charge >= 0.3 is 11.9 Å². The van der Waals surface area contributed by atoms with Crippen LogP contribution in [0.2, 0.25) is 0 Å². The first-order valence-electron chi connectivity index (χ1n) is 6.39. The van der Waals surface area contributed by atoms with Crippen LogP contribution in [0.25, 0.3) is 0 Å². The summed E-state index contributed by atoms with van der Waals surface area (Å²) in [7, 11) is 0. The fourth-order valence-electron chi connectivity index (χ4n) is 2.46. The first-order chi connectivity index (χ1) is 9.06. The summed E-state index contributed by atoms with van der Waals surface area (Å²) < 4.78 is 0. The Morgan fingerprint density at radius 1 is 1.11 bits per heavy atom. The second-order valence-corrected chi connectivity index (χ2v) is 4.92. The first-order valence-corrected chi connectivity index (χ1v) is 6.39. The largest absolute Gasteiger partial charge is 0.481 e. The lowest BCUT2D eigenvalue weighted by atomic mass is 9.86. The van der Waals surface area contributed by atoms with E-state index in [0.717, 1.165) is 18.5 Å². The quantitative estimate of drug-likeness (QED) is 0.776. The Labute approximate surface area is 111 Å². The number of rotatable bonds is 4. The van der Waals surface area contributed by atoms with Gasteiger partial charge in [-0.3, -0.25) is 4.79 Å². The molecule has 3 N–H and O–H groups in total. The average molecular weight is 263 g/mol. The summed E-state index contributed by atoms with van der Waals surface area (Å²) in [5, 5.41) is 21.1. The van der Waals surface area contributed by atoms with Gasteiger partial charge in [0.25, 0.3) is 0 Å². The highest BCUT2D eigenvalue weighted by Crippen LogP contribution is 2.27. The van der Waals surface area contributed by atoms with E-state index in [1.807, 2.05) is 6.07 Å². The lowest BCUT2D eigenvalue weighted by molar-refractivity contribution is -0.142. The number of hydrogen-bond donors (Lipinski definition) is 3. The fraction of sp³-hybridized carbons (Fsp3) is 0.429. The molecule has 0 aliphatic heterocycles. The number of carbonyl (C=O) groups is 2. The van der Waals surface area contributed by atoms with E-state index in [2.05, 4.69) is 5.32 Å². The minimum Gasteiger partial charge on any atom is -0.481 e. The molecule has 0 aromatic heterocycles. The van der Waals surface area contributed by atoms with Crippen LogP contribution in [0.4, 0.5) is 5.69 Å². The lowest BCUT2D eigenvalue weighted by Crippen LogP contribution is -2.29. The zero-order valence-corrected chi connectivity index (χ0v) is 10.5. The van der Waals surface area contributed by atoms with Gasteiger partial charge < -0.3 is 15.5 Å². The number of nitrogens with one attached hydrogen (secondary N) is 1. The molecule has 0 saturated heterocycles. The van der Waals surface area contributed by atoms with Crippen molar-refractivity contribution in [2.75, 3.05) is 5.32 Å². The maximum atomic E-state index is 10.9. The normalized spacial score (nSPS) is 22.7. The van der Waals surface area contributed by atoms with Gasteiger partial charge in [-0.05, 0) is 43.9 Å². The zero-order chi connectivity index (χ0) is 13.8. The smallest absolute Gasteiger partial charge is 0.335 e. The number of carboxylic acids is 2. The van der Waals surface area contributed by atoms with Gasteiger partial charge in [-0.15, -0.1) is 0 Å². The predicted molar refractivity (Wildman–Crippen MR) is 70.4 cm³/mol. The van der Waals surface area contributed by atoms with Crippen LogP contribution in [0, 0.1) is 5.92 Å². The van der Waals surface area contributed by atoms with Crippen molar-refractivity contribution in [2.24, 2.45) is 5.92 Å². The van der Waals surface area contributed by atoms with Crippen molar-refractivity contribution in [3.63, 3.8) is 0 Å². The molecule has 0 radical (unpaired) electrons. The summed E-state index contributed by atoms with van der Waals surface area (Å²) in [6, 6.07) is 6.91. The molecule has 0 amide bonds. The van der Waals surface area contributed by atoms with Crippen LogP contribution in [0.5, 0.6) is 0 Å². The molecule has 1 fully saturated rings. The maximum Gasteiger partial charge on any atom is 0.335 e. The topological polar surface area (TPSA) is 86.6 Å². The summed E-state index contributed by atoms with van der Waals surface area (Å²) >= 11 is 0. The van der Waals surface area contributed by atoms with Crippen molar-refractivity contribution in [1.29, 1.82) is 0 Å². The van der Waals surface area contributed by atoms with Gasteiger partial charge in [-0.2, -0.15) is 0 Å². The molecular weight excluding hydrogens is 246 g/mol. The summed E-state index contributed by atoms with van der Waals surface area (Å²) in [6.07, 6.45) is 2.94.